The molecule has 0 bridgehead atoms. The zero-order valence-corrected chi connectivity index (χ0v) is 41.1. The van der Waals surface area contributed by atoms with Gasteiger partial charge in [0, 0.05) is 23.5 Å². The van der Waals surface area contributed by atoms with Gasteiger partial charge >= 0.3 is 11.9 Å². The number of carbonyl (C=O) groups excluding carboxylic acids is 7. The van der Waals surface area contributed by atoms with Crippen molar-refractivity contribution in [2.24, 2.45) is 23.1 Å². The second kappa shape index (κ2) is 30.0. The van der Waals surface area contributed by atoms with Crippen molar-refractivity contribution in [2.75, 3.05) is 19.7 Å². The van der Waals surface area contributed by atoms with Gasteiger partial charge in [0.2, 0.25) is 41.4 Å². The minimum Gasteiger partial charge on any atom is -0.508 e. The molecule has 0 aliphatic rings. The summed E-state index contributed by atoms with van der Waals surface area (Å²) in [6, 6.07) is 0.977. The van der Waals surface area contributed by atoms with Gasteiger partial charge in [-0.15, -0.1) is 0 Å². The highest BCUT2D eigenvalue weighted by molar-refractivity contribution is 5.98. The van der Waals surface area contributed by atoms with E-state index in [1.165, 1.54) is 26.0 Å². The summed E-state index contributed by atoms with van der Waals surface area (Å²) in [5.41, 5.74) is 19.3. The molecular formula is C48H71N11O14. The molecule has 0 saturated carbocycles. The number of aromatic amines is 1. The molecule has 0 unspecified atom stereocenters. The van der Waals surface area contributed by atoms with E-state index in [9.17, 15) is 68.7 Å². The largest absolute Gasteiger partial charge is 0.508 e. The number of H-pyrrole nitrogens is 1. The number of carboxylic acid groups (broad SMARTS) is 2. The lowest BCUT2D eigenvalue weighted by Gasteiger charge is -2.29. The van der Waals surface area contributed by atoms with Crippen molar-refractivity contribution in [1.82, 2.24) is 42.2 Å². The number of aliphatic hydroxyl groups is 2. The number of hydrogen-bond acceptors (Lipinski definition) is 15. The molecule has 0 aliphatic heterocycles. The van der Waals surface area contributed by atoms with E-state index in [-0.39, 0.29) is 50.9 Å². The Labute approximate surface area is 421 Å². The Hall–Kier alpha value is -7.19. The van der Waals surface area contributed by atoms with Crippen molar-refractivity contribution in [3.8, 4) is 5.75 Å². The molecule has 73 heavy (non-hydrogen) atoms. The molecule has 1 heterocycles. The normalized spacial score (nSPS) is 15.0. The molecule has 0 saturated heterocycles. The van der Waals surface area contributed by atoms with E-state index in [2.05, 4.69) is 42.2 Å². The summed E-state index contributed by atoms with van der Waals surface area (Å²) >= 11 is 0. The maximum atomic E-state index is 14.0. The number of hydrogen-bond donors (Lipinski definition) is 16. The maximum absolute atomic E-state index is 14.0. The summed E-state index contributed by atoms with van der Waals surface area (Å²) in [6.07, 6.45) is 0.288. The molecule has 9 atom stereocenters. The molecule has 25 heteroatoms. The van der Waals surface area contributed by atoms with Crippen LogP contribution in [0.25, 0.3) is 10.9 Å². The first-order chi connectivity index (χ1) is 34.6. The number of benzene rings is 2. The molecule has 3 rings (SSSR count). The number of phenolic OH excluding ortho intramolecular Hbond substituents is 1. The van der Waals surface area contributed by atoms with E-state index in [0.29, 0.717) is 30.4 Å². The summed E-state index contributed by atoms with van der Waals surface area (Å²) in [6.45, 7) is 3.66. The molecule has 1 aromatic heterocycles. The minimum atomic E-state index is -1.81. The van der Waals surface area contributed by atoms with Gasteiger partial charge in [0.05, 0.1) is 25.2 Å². The van der Waals surface area contributed by atoms with Gasteiger partial charge in [0.25, 0.3) is 0 Å². The molecule has 0 radical (unpaired) electrons. The Morgan fingerprint density at radius 1 is 0.589 bits per heavy atom. The number of carbonyl (C=O) groups is 9. The van der Waals surface area contributed by atoms with Crippen LogP contribution in [0.4, 0.5) is 0 Å². The number of phenols is 1. The van der Waals surface area contributed by atoms with Gasteiger partial charge in [0.1, 0.15) is 48.0 Å². The van der Waals surface area contributed by atoms with E-state index < -0.39 is 127 Å². The summed E-state index contributed by atoms with van der Waals surface area (Å²) in [5.74, 6) is -10.6. The predicted molar refractivity (Wildman–Crippen MR) is 265 cm³/mol. The third kappa shape index (κ3) is 19.4. The van der Waals surface area contributed by atoms with Gasteiger partial charge in [-0.25, -0.2) is 4.79 Å². The molecule has 19 N–H and O–H groups in total. The fourth-order valence-corrected chi connectivity index (χ4v) is 7.59. The van der Waals surface area contributed by atoms with Crippen LogP contribution in [0.5, 0.6) is 5.75 Å². The number of aromatic hydroxyl groups is 1. The number of carboxylic acids is 2. The van der Waals surface area contributed by atoms with Crippen LogP contribution in [0, 0.1) is 5.92 Å². The summed E-state index contributed by atoms with van der Waals surface area (Å²) in [7, 11) is 0. The van der Waals surface area contributed by atoms with E-state index in [0.717, 1.165) is 17.8 Å². The van der Waals surface area contributed by atoms with E-state index in [4.69, 9.17) is 17.2 Å². The molecule has 2 aromatic carbocycles. The van der Waals surface area contributed by atoms with E-state index >= 15 is 0 Å². The Kier molecular flexibility index (Phi) is 24.7. The van der Waals surface area contributed by atoms with Crippen molar-refractivity contribution in [3.05, 3.63) is 65.9 Å². The molecular weight excluding hydrogens is 955 g/mol. The van der Waals surface area contributed by atoms with Crippen molar-refractivity contribution >= 4 is 64.2 Å². The Balaban J connectivity index is 1.79. The lowest BCUT2D eigenvalue weighted by molar-refractivity contribution is -0.144. The number of nitrogens with two attached hydrogens (primary N) is 3. The highest BCUT2D eigenvalue weighted by Gasteiger charge is 2.37. The third-order valence-corrected chi connectivity index (χ3v) is 11.7. The van der Waals surface area contributed by atoms with Crippen LogP contribution in [0.15, 0.2) is 54.7 Å². The second-order valence-electron chi connectivity index (χ2n) is 18.0. The van der Waals surface area contributed by atoms with Gasteiger partial charge in [-0.2, -0.15) is 0 Å². The van der Waals surface area contributed by atoms with E-state index in [1.807, 2.05) is 0 Å². The first kappa shape index (κ1) is 60.1. The maximum Gasteiger partial charge on any atom is 0.326 e. The molecule has 3 aromatic rings. The molecule has 0 fully saturated rings. The van der Waals surface area contributed by atoms with Crippen molar-refractivity contribution in [1.29, 1.82) is 0 Å². The van der Waals surface area contributed by atoms with Gasteiger partial charge in [-0.3, -0.25) is 38.4 Å². The van der Waals surface area contributed by atoms with Crippen LogP contribution in [0.2, 0.25) is 0 Å². The van der Waals surface area contributed by atoms with Crippen LogP contribution >= 0.6 is 0 Å². The van der Waals surface area contributed by atoms with Crippen LogP contribution < -0.4 is 54.4 Å². The average molecular weight is 1030 g/mol. The van der Waals surface area contributed by atoms with Crippen molar-refractivity contribution < 1.29 is 68.7 Å². The predicted octanol–water partition coefficient (Wildman–Crippen LogP) is -2.77. The molecule has 0 aliphatic carbocycles. The number of unbranched alkanes of at least 4 members (excludes halogenated alkanes) is 2. The first-order valence-corrected chi connectivity index (χ1v) is 23.9. The number of aliphatic carboxylic acids is 2. The standard InChI is InChI=1S/C48H71N11O14/c1-25(2)39(46(70)53-33(12-6-8-18-49)42(66)56-36(22-38(63)64)44(68)54-34(48(72)73)13-7-9-19-50)58-47(71)40(26(3)61)59-45(69)37(24-60)57-43(67)35(21-28-23-52-32-11-5-4-10-30(28)32)55-41(65)31(51)20-27-14-16-29(62)17-15-27/h4-5,10-11,14-17,23,25-26,31,33-37,39-40,52,60-62H,6-9,12-13,18-22,24,49-51H2,1-3H3,(H,53,70)(H,54,68)(H,55,65)(H,56,66)(H,57,67)(H,58,71)(H,59,69)(H,63,64)(H,72,73)/t26-,31+,33+,34+,35+,36+,37+,39+,40+/m1/s1. The van der Waals surface area contributed by atoms with Gasteiger partial charge in [0.15, 0.2) is 0 Å². The van der Waals surface area contributed by atoms with Crippen molar-refractivity contribution in [2.45, 2.75) is 133 Å². The SMILES string of the molecule is CC(C)[C@H](NC(=O)[C@@H](NC(=O)[C@H](CO)NC(=O)[C@H](Cc1c[nH]c2ccccc12)NC(=O)[C@@H](N)Cc1ccc(O)cc1)[C@@H](C)O)C(=O)N[C@@H](CCCCN)C(=O)N[C@@H](CC(=O)O)C(=O)N[C@@H](CCCCN)C(=O)O. The van der Waals surface area contributed by atoms with Gasteiger partial charge in [-0.05, 0) is 100 Å². The Bertz CT molecular complexity index is 2340. The van der Waals surface area contributed by atoms with Crippen molar-refractivity contribution in [3.63, 3.8) is 0 Å². The number of fused-ring (bicyclic) bond motifs is 1. The number of rotatable bonds is 32. The number of para-hydroxylation sites is 1. The number of aliphatic hydroxyl groups excluding tert-OH is 2. The highest BCUT2D eigenvalue weighted by Crippen LogP contribution is 2.20. The molecule has 7 amide bonds. The molecule has 402 valence electrons. The van der Waals surface area contributed by atoms with Crippen LogP contribution in [0.3, 0.4) is 0 Å². The lowest BCUT2D eigenvalue weighted by Crippen LogP contribution is -2.63. The number of nitrogens with one attached hydrogen (secondary N) is 8. The van der Waals surface area contributed by atoms with E-state index in [1.54, 1.807) is 42.6 Å². The van der Waals surface area contributed by atoms with Crippen LogP contribution in [0.1, 0.15) is 76.8 Å². The lowest BCUT2D eigenvalue weighted by atomic mass is 10.0. The topological polar surface area (TPSA) is 433 Å². The fraction of sp³-hybridized carbons (Fsp3) is 0.521. The quantitative estimate of drug-likeness (QED) is 0.0281. The summed E-state index contributed by atoms with van der Waals surface area (Å²) < 4.78 is 0. The Morgan fingerprint density at radius 2 is 1.10 bits per heavy atom. The van der Waals surface area contributed by atoms with Crippen LogP contribution in [-0.2, 0) is 56.0 Å². The Morgan fingerprint density at radius 3 is 1.67 bits per heavy atom. The van der Waals surface area contributed by atoms with Crippen LogP contribution in [-0.4, -0.2) is 158 Å². The third-order valence-electron chi connectivity index (χ3n) is 11.7. The number of aromatic nitrogens is 1. The zero-order valence-electron chi connectivity index (χ0n) is 41.1. The first-order valence-electron chi connectivity index (χ1n) is 23.9. The minimum absolute atomic E-state index is 0.00794. The summed E-state index contributed by atoms with van der Waals surface area (Å²) in [4.78, 5) is 123. The zero-order chi connectivity index (χ0) is 54.4. The summed E-state index contributed by atoms with van der Waals surface area (Å²) in [5, 5.41) is 67.5. The smallest absolute Gasteiger partial charge is 0.326 e. The monoisotopic (exact) mass is 1030 g/mol. The van der Waals surface area contributed by atoms with Gasteiger partial charge in [-0.1, -0.05) is 44.2 Å². The highest BCUT2D eigenvalue weighted by atomic mass is 16.4. The average Bonchev–Trinajstić information content (AvgIpc) is 3.75. The van der Waals surface area contributed by atoms with Gasteiger partial charge < -0.3 is 84.9 Å². The second-order valence-corrected chi connectivity index (χ2v) is 18.0. The molecule has 25 nitrogen and oxygen atoms in total. The fourth-order valence-electron chi connectivity index (χ4n) is 7.59. The molecule has 0 spiro atoms. The number of amides is 7.